The fourth-order valence-corrected chi connectivity index (χ4v) is 3.07. The van der Waals surface area contributed by atoms with E-state index in [-0.39, 0.29) is 25.0 Å². The highest BCUT2D eigenvalue weighted by atomic mass is 32.1. The van der Waals surface area contributed by atoms with Crippen molar-refractivity contribution in [3.8, 4) is 0 Å². The number of thiophene rings is 1. The van der Waals surface area contributed by atoms with E-state index in [1.165, 1.54) is 4.90 Å². The Bertz CT molecular complexity index is 653. The van der Waals surface area contributed by atoms with Crippen LogP contribution in [0.4, 0.5) is 0 Å². The Balaban J connectivity index is 2.11. The number of hydrogen-bond acceptors (Lipinski definition) is 4. The van der Waals surface area contributed by atoms with Crippen molar-refractivity contribution in [3.05, 3.63) is 57.8 Å². The number of carboxylic acid groups (broad SMARTS) is 1. The summed E-state index contributed by atoms with van der Waals surface area (Å²) in [5.74, 6) is -1.15. The Kier molecular flexibility index (Phi) is 5.90. The van der Waals surface area contributed by atoms with E-state index in [4.69, 9.17) is 5.11 Å². The molecule has 0 radical (unpaired) electrons. The molecule has 0 bridgehead atoms. The average molecular weight is 332 g/mol. The van der Waals surface area contributed by atoms with Gasteiger partial charge in [0.15, 0.2) is 0 Å². The van der Waals surface area contributed by atoms with Gasteiger partial charge < -0.3 is 10.4 Å². The lowest BCUT2D eigenvalue weighted by Crippen LogP contribution is -2.39. The second-order valence-electron chi connectivity index (χ2n) is 5.49. The normalized spacial score (nSPS) is 12.1. The summed E-state index contributed by atoms with van der Waals surface area (Å²) in [5.41, 5.74) is 2.17. The molecule has 1 atom stereocenters. The lowest BCUT2D eigenvalue weighted by Gasteiger charge is -2.20. The van der Waals surface area contributed by atoms with Crippen LogP contribution in [0, 0.1) is 6.92 Å². The fourth-order valence-electron chi connectivity index (χ4n) is 2.27. The summed E-state index contributed by atoms with van der Waals surface area (Å²) >= 11 is 1.58. The van der Waals surface area contributed by atoms with Crippen LogP contribution in [0.2, 0.25) is 0 Å². The lowest BCUT2D eigenvalue weighted by atomic mass is 10.0. The SMILES string of the molecule is Cc1ccc(C(NC(=O)CN(C)CC(=O)O)c2cccs2)cc1. The highest BCUT2D eigenvalue weighted by Crippen LogP contribution is 2.26. The molecule has 0 aliphatic carbocycles. The van der Waals surface area contributed by atoms with Crippen LogP contribution in [-0.2, 0) is 9.59 Å². The van der Waals surface area contributed by atoms with Gasteiger partial charge in [0.2, 0.25) is 5.91 Å². The van der Waals surface area contributed by atoms with E-state index in [1.807, 2.05) is 48.7 Å². The van der Waals surface area contributed by atoms with E-state index in [0.717, 1.165) is 16.0 Å². The van der Waals surface area contributed by atoms with E-state index < -0.39 is 5.97 Å². The molecule has 0 aliphatic rings. The molecule has 1 heterocycles. The second kappa shape index (κ2) is 7.89. The van der Waals surface area contributed by atoms with Crippen LogP contribution in [-0.4, -0.2) is 42.0 Å². The van der Waals surface area contributed by atoms with E-state index >= 15 is 0 Å². The third-order valence-corrected chi connectivity index (χ3v) is 4.30. The van der Waals surface area contributed by atoms with Crippen LogP contribution < -0.4 is 5.32 Å². The van der Waals surface area contributed by atoms with Crippen LogP contribution in [0.15, 0.2) is 41.8 Å². The number of carbonyl (C=O) groups is 2. The van der Waals surface area contributed by atoms with Gasteiger partial charge in [-0.25, -0.2) is 0 Å². The van der Waals surface area contributed by atoms with E-state index in [9.17, 15) is 9.59 Å². The predicted octanol–water partition coefficient (Wildman–Crippen LogP) is 2.28. The summed E-state index contributed by atoms with van der Waals surface area (Å²) in [4.78, 5) is 25.4. The van der Waals surface area contributed by atoms with Crippen molar-refractivity contribution < 1.29 is 14.7 Å². The highest BCUT2D eigenvalue weighted by Gasteiger charge is 2.19. The summed E-state index contributed by atoms with van der Waals surface area (Å²) in [6.07, 6.45) is 0. The molecule has 1 unspecified atom stereocenters. The second-order valence-corrected chi connectivity index (χ2v) is 6.47. The van der Waals surface area contributed by atoms with Crippen LogP contribution in [0.1, 0.15) is 22.0 Å². The maximum Gasteiger partial charge on any atom is 0.317 e. The van der Waals surface area contributed by atoms with Gasteiger partial charge in [-0.3, -0.25) is 14.5 Å². The van der Waals surface area contributed by atoms with Crippen LogP contribution in [0.5, 0.6) is 0 Å². The number of nitrogens with one attached hydrogen (secondary N) is 1. The third-order valence-electron chi connectivity index (χ3n) is 3.36. The standard InChI is InChI=1S/C17H20N2O3S/c1-12-5-7-13(8-6-12)17(14-4-3-9-23-14)18-15(20)10-19(2)11-16(21)22/h3-9,17H,10-11H2,1-2H3,(H,18,20)(H,21,22). The van der Waals surface area contributed by atoms with Gasteiger partial charge in [0.1, 0.15) is 0 Å². The first-order valence-electron chi connectivity index (χ1n) is 7.25. The number of carboxylic acids is 1. The molecule has 2 N–H and O–H groups in total. The van der Waals surface area contributed by atoms with Crippen LogP contribution >= 0.6 is 11.3 Å². The van der Waals surface area contributed by atoms with Gasteiger partial charge in [0.25, 0.3) is 0 Å². The molecule has 2 rings (SSSR count). The molecule has 122 valence electrons. The minimum absolute atomic E-state index is 0.0417. The summed E-state index contributed by atoms with van der Waals surface area (Å²) in [7, 11) is 1.61. The molecule has 1 aromatic carbocycles. The smallest absolute Gasteiger partial charge is 0.317 e. The predicted molar refractivity (Wildman–Crippen MR) is 90.6 cm³/mol. The number of amides is 1. The number of aryl methyl sites for hydroxylation is 1. The molecular weight excluding hydrogens is 312 g/mol. The number of rotatable bonds is 7. The number of likely N-dealkylation sites (N-methyl/N-ethyl adjacent to an activating group) is 1. The topological polar surface area (TPSA) is 69.6 Å². The zero-order valence-corrected chi connectivity index (χ0v) is 14.0. The number of benzene rings is 1. The van der Waals surface area contributed by atoms with Crippen molar-refractivity contribution >= 4 is 23.2 Å². The Morgan fingerprint density at radius 2 is 1.91 bits per heavy atom. The first kappa shape index (κ1) is 17.2. The quantitative estimate of drug-likeness (QED) is 0.816. The van der Waals surface area contributed by atoms with Crippen molar-refractivity contribution in [2.24, 2.45) is 0 Å². The van der Waals surface area contributed by atoms with Crippen molar-refractivity contribution in [2.75, 3.05) is 20.1 Å². The monoisotopic (exact) mass is 332 g/mol. The molecular formula is C17H20N2O3S. The van der Waals surface area contributed by atoms with Gasteiger partial charge in [-0.15, -0.1) is 11.3 Å². The Hall–Kier alpha value is -2.18. The summed E-state index contributed by atoms with van der Waals surface area (Å²) in [5, 5.41) is 13.7. The van der Waals surface area contributed by atoms with Gasteiger partial charge in [0.05, 0.1) is 19.1 Å². The van der Waals surface area contributed by atoms with Gasteiger partial charge in [-0.2, -0.15) is 0 Å². The number of nitrogens with zero attached hydrogens (tertiary/aromatic N) is 1. The Morgan fingerprint density at radius 1 is 1.22 bits per heavy atom. The zero-order chi connectivity index (χ0) is 16.8. The number of hydrogen-bond donors (Lipinski definition) is 2. The number of carbonyl (C=O) groups excluding carboxylic acids is 1. The van der Waals surface area contributed by atoms with Crippen LogP contribution in [0.3, 0.4) is 0 Å². The van der Waals surface area contributed by atoms with Gasteiger partial charge in [-0.1, -0.05) is 35.9 Å². The van der Waals surface area contributed by atoms with Gasteiger partial charge in [-0.05, 0) is 31.0 Å². The molecule has 1 amide bonds. The van der Waals surface area contributed by atoms with Gasteiger partial charge in [0, 0.05) is 4.88 Å². The van der Waals surface area contributed by atoms with E-state index in [1.54, 1.807) is 18.4 Å². The maximum absolute atomic E-state index is 12.2. The van der Waals surface area contributed by atoms with Gasteiger partial charge >= 0.3 is 5.97 Å². The minimum atomic E-state index is -0.950. The van der Waals surface area contributed by atoms with Crippen molar-refractivity contribution in [2.45, 2.75) is 13.0 Å². The molecule has 0 aliphatic heterocycles. The molecule has 5 nitrogen and oxygen atoms in total. The third kappa shape index (κ3) is 5.19. The Morgan fingerprint density at radius 3 is 2.48 bits per heavy atom. The van der Waals surface area contributed by atoms with E-state index in [0.29, 0.717) is 0 Å². The van der Waals surface area contributed by atoms with Crippen LogP contribution in [0.25, 0.3) is 0 Å². The molecule has 0 saturated carbocycles. The molecule has 2 aromatic rings. The molecule has 6 heteroatoms. The first-order chi connectivity index (χ1) is 11.0. The summed E-state index contributed by atoms with van der Waals surface area (Å²) in [6.45, 7) is 1.89. The average Bonchev–Trinajstić information content (AvgIpc) is 2.98. The molecule has 23 heavy (non-hydrogen) atoms. The molecule has 0 spiro atoms. The summed E-state index contributed by atoms with van der Waals surface area (Å²) < 4.78 is 0. The largest absolute Gasteiger partial charge is 0.480 e. The lowest BCUT2D eigenvalue weighted by molar-refractivity contribution is -0.138. The molecule has 1 aromatic heterocycles. The minimum Gasteiger partial charge on any atom is -0.480 e. The van der Waals surface area contributed by atoms with Crippen molar-refractivity contribution in [1.82, 2.24) is 10.2 Å². The number of aliphatic carboxylic acids is 1. The zero-order valence-electron chi connectivity index (χ0n) is 13.2. The molecule has 0 saturated heterocycles. The molecule has 0 fully saturated rings. The van der Waals surface area contributed by atoms with E-state index in [2.05, 4.69) is 5.32 Å². The van der Waals surface area contributed by atoms with Crippen molar-refractivity contribution in [1.29, 1.82) is 0 Å². The summed E-state index contributed by atoms with van der Waals surface area (Å²) in [6, 6.07) is 11.7. The fraction of sp³-hybridized carbons (Fsp3) is 0.294. The van der Waals surface area contributed by atoms with Crippen molar-refractivity contribution in [3.63, 3.8) is 0 Å². The highest BCUT2D eigenvalue weighted by molar-refractivity contribution is 7.10. The Labute approximate surface area is 139 Å². The maximum atomic E-state index is 12.2. The first-order valence-corrected chi connectivity index (χ1v) is 8.13.